The topological polar surface area (TPSA) is 58.2 Å². The van der Waals surface area contributed by atoms with Crippen LogP contribution in [0.5, 0.6) is 0 Å². The van der Waals surface area contributed by atoms with Crippen molar-refractivity contribution in [3.63, 3.8) is 0 Å². The van der Waals surface area contributed by atoms with Crippen molar-refractivity contribution < 1.29 is 8.42 Å². The molecule has 4 nitrogen and oxygen atoms in total. The summed E-state index contributed by atoms with van der Waals surface area (Å²) >= 11 is 5.68. The molecule has 0 saturated heterocycles. The third-order valence-corrected chi connectivity index (χ3v) is 3.45. The average molecular weight is 219 g/mol. The fourth-order valence-electron chi connectivity index (χ4n) is 1.17. The first-order valence-corrected chi connectivity index (χ1v) is 5.49. The fraction of sp³-hybridized carbons (Fsp3) is 0.143. The minimum Gasteiger partial charge on any atom is -0.370 e. The minimum absolute atomic E-state index is 0.200. The van der Waals surface area contributed by atoms with E-state index in [1.165, 1.54) is 6.07 Å². The van der Waals surface area contributed by atoms with Crippen LogP contribution < -0.4 is 10.0 Å². The fourth-order valence-corrected chi connectivity index (χ4v) is 2.53. The Kier molecular flexibility index (Phi) is 1.94. The predicted octanol–water partition coefficient (Wildman–Crippen LogP) is 1.00. The van der Waals surface area contributed by atoms with Crippen LogP contribution in [0.4, 0.5) is 5.69 Å². The lowest BCUT2D eigenvalue weighted by Gasteiger charge is -2.18. The first-order valence-electron chi connectivity index (χ1n) is 3.63. The average Bonchev–Trinajstić information content (AvgIpc) is 2.06. The molecule has 0 spiro atoms. The van der Waals surface area contributed by atoms with Crippen LogP contribution in [0.3, 0.4) is 0 Å². The number of fused-ring (bicyclic) bond motifs is 1. The molecule has 0 fully saturated rings. The van der Waals surface area contributed by atoms with E-state index in [0.717, 1.165) is 0 Å². The van der Waals surface area contributed by atoms with Gasteiger partial charge in [-0.2, -0.15) is 4.72 Å². The van der Waals surface area contributed by atoms with E-state index in [9.17, 15) is 8.42 Å². The van der Waals surface area contributed by atoms with E-state index in [4.69, 9.17) is 11.6 Å². The van der Waals surface area contributed by atoms with E-state index in [1.807, 2.05) is 0 Å². The monoisotopic (exact) mass is 218 g/mol. The minimum atomic E-state index is -3.36. The summed E-state index contributed by atoms with van der Waals surface area (Å²) in [4.78, 5) is 0.200. The van der Waals surface area contributed by atoms with Gasteiger partial charge in [-0.05, 0) is 18.2 Å². The molecule has 0 bridgehead atoms. The molecule has 0 unspecified atom stereocenters. The highest BCUT2D eigenvalue weighted by Gasteiger charge is 2.22. The third kappa shape index (κ3) is 1.50. The molecule has 1 aliphatic heterocycles. The number of anilines is 1. The summed E-state index contributed by atoms with van der Waals surface area (Å²) in [5.74, 6) is 0. The Morgan fingerprint density at radius 1 is 1.38 bits per heavy atom. The lowest BCUT2D eigenvalue weighted by Crippen LogP contribution is -2.34. The summed E-state index contributed by atoms with van der Waals surface area (Å²) < 4.78 is 25.2. The van der Waals surface area contributed by atoms with Gasteiger partial charge in [0.25, 0.3) is 0 Å². The van der Waals surface area contributed by atoms with Crippen LogP contribution in [0.1, 0.15) is 0 Å². The Morgan fingerprint density at radius 2 is 2.15 bits per heavy atom. The molecule has 1 aliphatic rings. The van der Waals surface area contributed by atoms with Gasteiger partial charge in [0.1, 0.15) is 4.90 Å². The summed E-state index contributed by atoms with van der Waals surface area (Å²) in [5, 5.41) is 3.31. The van der Waals surface area contributed by atoms with Crippen LogP contribution in [0.15, 0.2) is 23.1 Å². The summed E-state index contributed by atoms with van der Waals surface area (Å²) in [6.45, 7) is 0.219. The number of hydrogen-bond acceptors (Lipinski definition) is 3. The normalized spacial score (nSPS) is 18.8. The molecule has 70 valence electrons. The third-order valence-electron chi connectivity index (χ3n) is 1.77. The van der Waals surface area contributed by atoms with Gasteiger partial charge >= 0.3 is 0 Å². The van der Waals surface area contributed by atoms with Crippen molar-refractivity contribution in [3.05, 3.63) is 23.2 Å². The summed E-state index contributed by atoms with van der Waals surface area (Å²) in [6.07, 6.45) is 0. The lowest BCUT2D eigenvalue weighted by atomic mass is 10.3. The SMILES string of the molecule is O=S1(=O)NCNc2ccc(Cl)cc21. The number of benzene rings is 1. The second-order valence-corrected chi connectivity index (χ2v) is 4.81. The van der Waals surface area contributed by atoms with Gasteiger partial charge in [0.05, 0.1) is 12.4 Å². The number of rotatable bonds is 0. The zero-order valence-electron chi connectivity index (χ0n) is 6.54. The van der Waals surface area contributed by atoms with Gasteiger partial charge < -0.3 is 5.32 Å². The molecule has 0 atom stereocenters. The van der Waals surface area contributed by atoms with Crippen LogP contribution in [0.2, 0.25) is 5.02 Å². The maximum Gasteiger partial charge on any atom is 0.244 e. The van der Waals surface area contributed by atoms with Crippen molar-refractivity contribution in [2.45, 2.75) is 4.90 Å². The highest BCUT2D eigenvalue weighted by molar-refractivity contribution is 7.89. The molecule has 0 amide bonds. The predicted molar refractivity (Wildman–Crippen MR) is 50.3 cm³/mol. The van der Waals surface area contributed by atoms with Crippen LogP contribution in [0, 0.1) is 0 Å². The van der Waals surface area contributed by atoms with E-state index in [-0.39, 0.29) is 11.6 Å². The molecule has 1 aromatic rings. The molecule has 1 aromatic carbocycles. The van der Waals surface area contributed by atoms with Crippen LogP contribution >= 0.6 is 11.6 Å². The largest absolute Gasteiger partial charge is 0.370 e. The molecule has 0 radical (unpaired) electrons. The number of hydrogen-bond donors (Lipinski definition) is 2. The van der Waals surface area contributed by atoms with Gasteiger partial charge in [-0.15, -0.1) is 0 Å². The Labute approximate surface area is 81.0 Å². The van der Waals surface area contributed by atoms with E-state index in [0.29, 0.717) is 10.7 Å². The molecule has 6 heteroatoms. The zero-order valence-corrected chi connectivity index (χ0v) is 8.11. The smallest absolute Gasteiger partial charge is 0.244 e. The van der Waals surface area contributed by atoms with E-state index < -0.39 is 10.0 Å². The van der Waals surface area contributed by atoms with Crippen molar-refractivity contribution in [2.75, 3.05) is 12.0 Å². The van der Waals surface area contributed by atoms with Crippen LogP contribution in [-0.4, -0.2) is 15.1 Å². The molecule has 0 aliphatic carbocycles. The maximum absolute atomic E-state index is 11.4. The molecular weight excluding hydrogens is 212 g/mol. The van der Waals surface area contributed by atoms with Gasteiger partial charge in [0.15, 0.2) is 0 Å². The highest BCUT2D eigenvalue weighted by atomic mass is 35.5. The molecule has 2 N–H and O–H groups in total. The van der Waals surface area contributed by atoms with Crippen molar-refractivity contribution in [1.29, 1.82) is 0 Å². The zero-order chi connectivity index (χ0) is 9.47. The van der Waals surface area contributed by atoms with Crippen molar-refractivity contribution in [2.24, 2.45) is 0 Å². The summed E-state index contributed by atoms with van der Waals surface area (Å²) in [5.41, 5.74) is 0.586. The van der Waals surface area contributed by atoms with Crippen LogP contribution in [0.25, 0.3) is 0 Å². The Morgan fingerprint density at radius 3 is 2.92 bits per heavy atom. The van der Waals surface area contributed by atoms with Crippen molar-refractivity contribution >= 4 is 27.3 Å². The Balaban J connectivity index is 2.68. The molecular formula is C7H7ClN2O2S. The van der Waals surface area contributed by atoms with E-state index in [1.54, 1.807) is 12.1 Å². The molecule has 0 aromatic heterocycles. The molecule has 13 heavy (non-hydrogen) atoms. The number of nitrogens with one attached hydrogen (secondary N) is 2. The number of halogens is 1. The van der Waals surface area contributed by atoms with Gasteiger partial charge in [0, 0.05) is 5.02 Å². The Hall–Kier alpha value is -0.780. The Bertz CT molecular complexity index is 444. The number of sulfonamides is 1. The standard InChI is InChI=1S/C7H7ClN2O2S/c8-5-1-2-6-7(3-5)13(11,12)10-4-9-6/h1-3,9-10H,4H2. The quantitative estimate of drug-likeness (QED) is 0.683. The van der Waals surface area contributed by atoms with Crippen molar-refractivity contribution in [3.8, 4) is 0 Å². The van der Waals surface area contributed by atoms with Crippen LogP contribution in [-0.2, 0) is 10.0 Å². The lowest BCUT2D eigenvalue weighted by molar-refractivity contribution is 0.581. The van der Waals surface area contributed by atoms with E-state index >= 15 is 0 Å². The molecule has 0 saturated carbocycles. The molecule has 2 rings (SSSR count). The first kappa shape index (κ1) is 8.80. The second kappa shape index (κ2) is 2.87. The van der Waals surface area contributed by atoms with Crippen molar-refractivity contribution in [1.82, 2.24) is 4.72 Å². The summed E-state index contributed by atoms with van der Waals surface area (Å²) in [7, 11) is -3.36. The maximum atomic E-state index is 11.4. The first-order chi connectivity index (χ1) is 6.09. The van der Waals surface area contributed by atoms with Gasteiger partial charge in [0.2, 0.25) is 10.0 Å². The molecule has 1 heterocycles. The second-order valence-electron chi connectivity index (χ2n) is 2.64. The van der Waals surface area contributed by atoms with Gasteiger partial charge in [-0.3, -0.25) is 0 Å². The van der Waals surface area contributed by atoms with Gasteiger partial charge in [-0.1, -0.05) is 11.6 Å². The highest BCUT2D eigenvalue weighted by Crippen LogP contribution is 2.26. The summed E-state index contributed by atoms with van der Waals surface area (Å²) in [6, 6.07) is 4.72. The van der Waals surface area contributed by atoms with E-state index in [2.05, 4.69) is 10.0 Å². The van der Waals surface area contributed by atoms with Gasteiger partial charge in [-0.25, -0.2) is 8.42 Å².